The maximum atomic E-state index is 13.1. The van der Waals surface area contributed by atoms with Gasteiger partial charge in [-0.05, 0) is 49.4 Å². The van der Waals surface area contributed by atoms with Gasteiger partial charge in [0.25, 0.3) is 0 Å². The van der Waals surface area contributed by atoms with Gasteiger partial charge >= 0.3 is 39.5 Å². The van der Waals surface area contributed by atoms with Gasteiger partial charge in [-0.1, -0.05) is 325 Å². The first kappa shape index (κ1) is 92.1. The monoisotopic (exact) mass is 1380 g/mol. The maximum absolute atomic E-state index is 13.1. The second kappa shape index (κ2) is 64.4. The molecular formula is C75H146O17P2. The summed E-state index contributed by atoms with van der Waals surface area (Å²) in [5, 5.41) is 10.6. The zero-order valence-corrected chi connectivity index (χ0v) is 63.4. The lowest BCUT2D eigenvalue weighted by atomic mass is 10.0. The number of carbonyl (C=O) groups is 4. The van der Waals surface area contributed by atoms with E-state index in [1.165, 1.54) is 180 Å². The zero-order chi connectivity index (χ0) is 69.6. The molecule has 19 heteroatoms. The number of esters is 4. The normalized spacial score (nSPS) is 14.2. The van der Waals surface area contributed by atoms with E-state index in [2.05, 4.69) is 55.4 Å². The first-order valence-corrected chi connectivity index (χ1v) is 41.7. The summed E-state index contributed by atoms with van der Waals surface area (Å²) in [5.74, 6) is 0.915. The smallest absolute Gasteiger partial charge is 0.462 e. The molecule has 17 nitrogen and oxygen atoms in total. The van der Waals surface area contributed by atoms with Crippen LogP contribution in [0.25, 0.3) is 0 Å². The summed E-state index contributed by atoms with van der Waals surface area (Å²) >= 11 is 0. The molecule has 0 aromatic rings. The minimum Gasteiger partial charge on any atom is -0.462 e. The standard InChI is InChI=1S/C75H146O17P2/c1-65(2)51-43-35-27-19-13-9-11-15-22-31-39-47-55-72(77)85-61-70(91-74(79)57-49-41-33-23-16-12-10-14-20-28-36-44-52-66(3)4)63-89-93(81,82)87-59-69(76)60-88-94(83,84)90-64-71(62-86-73(78)56-48-40-32-26-25-30-38-46-54-68(7)8)92-75(80)58-50-42-34-24-18-17-21-29-37-45-53-67(5)6/h65-71,76H,9-64H2,1-8H3,(H,81,82)(H,83,84)/t69?,70-,71-/m1/s1. The molecular weight excluding hydrogens is 1230 g/mol. The van der Waals surface area contributed by atoms with E-state index in [0.29, 0.717) is 25.7 Å². The topological polar surface area (TPSA) is 237 Å². The van der Waals surface area contributed by atoms with Crippen LogP contribution in [-0.2, 0) is 65.4 Å². The van der Waals surface area contributed by atoms with Crippen LogP contribution in [0.2, 0.25) is 0 Å². The lowest BCUT2D eigenvalue weighted by molar-refractivity contribution is -0.161. The van der Waals surface area contributed by atoms with Gasteiger partial charge in [0.2, 0.25) is 0 Å². The second-order valence-corrected chi connectivity index (χ2v) is 31.9. The molecule has 0 heterocycles. The molecule has 0 amide bonds. The number of hydrogen-bond donors (Lipinski definition) is 3. The van der Waals surface area contributed by atoms with Crippen molar-refractivity contribution >= 4 is 39.5 Å². The number of aliphatic hydroxyl groups is 1. The Hall–Kier alpha value is -1.94. The average molecular weight is 1380 g/mol. The number of phosphoric ester groups is 2. The van der Waals surface area contributed by atoms with E-state index in [4.69, 9.17) is 37.0 Å². The van der Waals surface area contributed by atoms with Gasteiger partial charge < -0.3 is 33.8 Å². The molecule has 3 unspecified atom stereocenters. The maximum Gasteiger partial charge on any atom is 0.472 e. The molecule has 558 valence electrons. The van der Waals surface area contributed by atoms with Gasteiger partial charge in [0.05, 0.1) is 26.4 Å². The van der Waals surface area contributed by atoms with Crippen LogP contribution in [0.15, 0.2) is 0 Å². The van der Waals surface area contributed by atoms with Crippen molar-refractivity contribution in [2.45, 2.75) is 395 Å². The second-order valence-electron chi connectivity index (χ2n) is 28.9. The number of unbranched alkanes of at least 4 members (excludes halogenated alkanes) is 38. The van der Waals surface area contributed by atoms with Crippen LogP contribution in [0.1, 0.15) is 376 Å². The van der Waals surface area contributed by atoms with Gasteiger partial charge in [-0.15, -0.1) is 0 Å². The Morgan fingerprint density at radius 3 is 0.660 bits per heavy atom. The molecule has 0 rings (SSSR count). The van der Waals surface area contributed by atoms with Gasteiger partial charge in [-0.3, -0.25) is 37.3 Å². The third kappa shape index (κ3) is 68.6. The minimum atomic E-state index is -4.96. The van der Waals surface area contributed by atoms with Crippen LogP contribution < -0.4 is 0 Å². The molecule has 0 aromatic carbocycles. The lowest BCUT2D eigenvalue weighted by Gasteiger charge is -2.21. The summed E-state index contributed by atoms with van der Waals surface area (Å²) in [4.78, 5) is 72.8. The van der Waals surface area contributed by atoms with Gasteiger partial charge in [-0.25, -0.2) is 9.13 Å². The fourth-order valence-electron chi connectivity index (χ4n) is 11.4. The number of phosphoric acid groups is 2. The van der Waals surface area contributed by atoms with E-state index in [1.54, 1.807) is 0 Å². The molecule has 0 aromatic heterocycles. The van der Waals surface area contributed by atoms with Crippen LogP contribution in [0.3, 0.4) is 0 Å². The predicted octanol–water partition coefficient (Wildman–Crippen LogP) is 21.7. The summed E-state index contributed by atoms with van der Waals surface area (Å²) < 4.78 is 68.5. The highest BCUT2D eigenvalue weighted by molar-refractivity contribution is 7.47. The van der Waals surface area contributed by atoms with Crippen molar-refractivity contribution in [3.8, 4) is 0 Å². The number of carbonyl (C=O) groups excluding carboxylic acids is 4. The van der Waals surface area contributed by atoms with E-state index < -0.39 is 97.5 Å². The van der Waals surface area contributed by atoms with Crippen LogP contribution in [-0.4, -0.2) is 96.7 Å². The van der Waals surface area contributed by atoms with Crippen molar-refractivity contribution in [1.29, 1.82) is 0 Å². The Bertz CT molecular complexity index is 1850. The first-order chi connectivity index (χ1) is 45.1. The molecule has 0 aliphatic carbocycles. The summed E-state index contributed by atoms with van der Waals surface area (Å²) in [6.45, 7) is 14.2. The quantitative estimate of drug-likeness (QED) is 0.0222. The molecule has 0 aliphatic heterocycles. The summed E-state index contributed by atoms with van der Waals surface area (Å²) in [7, 11) is -9.91. The zero-order valence-electron chi connectivity index (χ0n) is 61.6. The molecule has 0 saturated heterocycles. The molecule has 94 heavy (non-hydrogen) atoms. The Morgan fingerprint density at radius 2 is 0.447 bits per heavy atom. The van der Waals surface area contributed by atoms with Crippen molar-refractivity contribution in [2.24, 2.45) is 23.7 Å². The number of ether oxygens (including phenoxy) is 4. The van der Waals surface area contributed by atoms with Crippen molar-refractivity contribution in [1.82, 2.24) is 0 Å². The van der Waals surface area contributed by atoms with E-state index in [9.17, 15) is 43.2 Å². The van der Waals surface area contributed by atoms with Crippen molar-refractivity contribution in [2.75, 3.05) is 39.6 Å². The molecule has 3 N–H and O–H groups in total. The van der Waals surface area contributed by atoms with Gasteiger partial charge in [0.1, 0.15) is 19.3 Å². The van der Waals surface area contributed by atoms with E-state index >= 15 is 0 Å². The summed E-state index contributed by atoms with van der Waals surface area (Å²) in [5.41, 5.74) is 0. The van der Waals surface area contributed by atoms with Crippen LogP contribution in [0.5, 0.6) is 0 Å². The molecule has 0 radical (unpaired) electrons. The van der Waals surface area contributed by atoms with E-state index in [0.717, 1.165) is 114 Å². The predicted molar refractivity (Wildman–Crippen MR) is 381 cm³/mol. The van der Waals surface area contributed by atoms with E-state index in [1.807, 2.05) is 0 Å². The molecule has 0 aliphatic rings. The Balaban J connectivity index is 5.27. The first-order valence-electron chi connectivity index (χ1n) is 38.7. The average Bonchev–Trinajstić information content (AvgIpc) is 1.37. The fraction of sp³-hybridized carbons (Fsp3) is 0.947. The number of rotatable bonds is 72. The molecule has 5 atom stereocenters. The van der Waals surface area contributed by atoms with Crippen LogP contribution in [0.4, 0.5) is 0 Å². The lowest BCUT2D eigenvalue weighted by Crippen LogP contribution is -2.30. The highest BCUT2D eigenvalue weighted by Gasteiger charge is 2.30. The van der Waals surface area contributed by atoms with Crippen molar-refractivity contribution < 1.29 is 80.2 Å². The fourth-order valence-corrected chi connectivity index (χ4v) is 13.0. The Kier molecular flexibility index (Phi) is 63.1. The largest absolute Gasteiger partial charge is 0.472 e. The van der Waals surface area contributed by atoms with Crippen LogP contribution in [0, 0.1) is 23.7 Å². The number of hydrogen-bond acceptors (Lipinski definition) is 15. The Labute approximate surface area is 575 Å². The minimum absolute atomic E-state index is 0.105. The highest BCUT2D eigenvalue weighted by atomic mass is 31.2. The third-order valence-electron chi connectivity index (χ3n) is 17.3. The molecule has 0 spiro atoms. The van der Waals surface area contributed by atoms with Crippen molar-refractivity contribution in [3.63, 3.8) is 0 Å². The summed E-state index contributed by atoms with van der Waals surface area (Å²) in [6.07, 6.45) is 48.5. The molecule has 0 fully saturated rings. The molecule has 0 bridgehead atoms. The Morgan fingerprint density at radius 1 is 0.266 bits per heavy atom. The van der Waals surface area contributed by atoms with Gasteiger partial charge in [0.15, 0.2) is 12.2 Å². The highest BCUT2D eigenvalue weighted by Crippen LogP contribution is 2.45. The number of aliphatic hydroxyl groups excluding tert-OH is 1. The SMILES string of the molecule is CC(C)CCCCCCCCCCCCCCC(=O)OC[C@H](COP(=O)(O)OCC(O)COP(=O)(O)OC[C@@H](COC(=O)CCCCCCCCCCC(C)C)OC(=O)CCCCCCCCCCCCC(C)C)OC(=O)CCCCCCCCCCCCCCC(C)C. The van der Waals surface area contributed by atoms with Gasteiger partial charge in [0, 0.05) is 25.7 Å². The molecule has 0 saturated carbocycles. The summed E-state index contributed by atoms with van der Waals surface area (Å²) in [6, 6.07) is 0. The van der Waals surface area contributed by atoms with Crippen molar-refractivity contribution in [3.05, 3.63) is 0 Å². The van der Waals surface area contributed by atoms with E-state index in [-0.39, 0.29) is 25.7 Å². The van der Waals surface area contributed by atoms with Crippen LogP contribution >= 0.6 is 15.6 Å². The van der Waals surface area contributed by atoms with Gasteiger partial charge in [-0.2, -0.15) is 0 Å². The third-order valence-corrected chi connectivity index (χ3v) is 19.2.